The van der Waals surface area contributed by atoms with E-state index in [4.69, 9.17) is 21.1 Å². The molecule has 0 bridgehead atoms. The molecule has 2 aromatic carbocycles. The molecule has 1 aliphatic rings. The van der Waals surface area contributed by atoms with Crippen LogP contribution in [-0.4, -0.2) is 35.7 Å². The van der Waals surface area contributed by atoms with Crippen LogP contribution in [0.5, 0.6) is 5.75 Å². The third kappa shape index (κ3) is 5.45. The fourth-order valence-electron chi connectivity index (χ4n) is 2.42. The molecule has 1 fully saturated rings. The van der Waals surface area contributed by atoms with E-state index in [-0.39, 0.29) is 18.3 Å². The van der Waals surface area contributed by atoms with Crippen molar-refractivity contribution in [3.05, 3.63) is 64.7 Å². The van der Waals surface area contributed by atoms with Gasteiger partial charge < -0.3 is 19.9 Å². The maximum absolute atomic E-state index is 12.6. The van der Waals surface area contributed by atoms with Crippen molar-refractivity contribution < 1.29 is 24.2 Å². The molecule has 0 aliphatic heterocycles. The van der Waals surface area contributed by atoms with Crippen LogP contribution >= 0.6 is 11.6 Å². The Kier molecular flexibility index (Phi) is 6.32. The number of benzene rings is 2. The molecule has 7 heteroatoms. The van der Waals surface area contributed by atoms with Gasteiger partial charge in [-0.3, -0.25) is 4.79 Å². The number of carbonyl (C=O) groups excluding carboxylic acids is 2. The number of hydrogen-bond donors (Lipinski definition) is 2. The summed E-state index contributed by atoms with van der Waals surface area (Å²) in [5.74, 6) is 0.0560. The van der Waals surface area contributed by atoms with Gasteiger partial charge >= 0.3 is 6.09 Å². The fourth-order valence-corrected chi connectivity index (χ4v) is 2.64. The first kappa shape index (κ1) is 19.2. The maximum Gasteiger partial charge on any atom is 0.408 e. The number of halogens is 1. The average Bonchev–Trinajstić information content (AvgIpc) is 3.50. The molecule has 1 aliphatic carbocycles. The zero-order chi connectivity index (χ0) is 19.2. The van der Waals surface area contributed by atoms with Crippen molar-refractivity contribution in [3.8, 4) is 5.75 Å². The molecule has 3 rings (SSSR count). The van der Waals surface area contributed by atoms with E-state index < -0.39 is 24.5 Å². The lowest BCUT2D eigenvalue weighted by molar-refractivity contribution is 0.0864. The van der Waals surface area contributed by atoms with Gasteiger partial charge in [-0.05, 0) is 36.6 Å². The summed E-state index contributed by atoms with van der Waals surface area (Å²) in [4.78, 5) is 24.5. The SMILES string of the molecule is O=C(N[C@H](CO)C(=O)c1ccc(OC2CC2)c(Cl)c1)OCc1ccccc1. The molecule has 1 saturated carbocycles. The van der Waals surface area contributed by atoms with Gasteiger partial charge in [-0.15, -0.1) is 0 Å². The molecule has 0 unspecified atom stereocenters. The first-order valence-corrected chi connectivity index (χ1v) is 9.03. The zero-order valence-corrected chi connectivity index (χ0v) is 15.3. The number of aliphatic hydroxyl groups excluding tert-OH is 1. The third-order valence-electron chi connectivity index (χ3n) is 4.04. The number of rotatable bonds is 8. The molecular formula is C20H20ClNO5. The van der Waals surface area contributed by atoms with Crippen LogP contribution in [-0.2, 0) is 11.3 Å². The summed E-state index contributed by atoms with van der Waals surface area (Å²) < 4.78 is 10.7. The number of carbonyl (C=O) groups is 2. The van der Waals surface area contributed by atoms with Crippen LogP contribution in [0.4, 0.5) is 4.79 Å². The molecule has 1 amide bonds. The van der Waals surface area contributed by atoms with Gasteiger partial charge in [0.25, 0.3) is 0 Å². The van der Waals surface area contributed by atoms with Gasteiger partial charge in [-0.25, -0.2) is 4.79 Å². The van der Waals surface area contributed by atoms with Gasteiger partial charge in [0, 0.05) is 5.56 Å². The predicted octanol–water partition coefficient (Wildman–Crippen LogP) is 3.35. The summed E-state index contributed by atoms with van der Waals surface area (Å²) in [6.07, 6.45) is 1.40. The van der Waals surface area contributed by atoms with Crippen LogP contribution in [0.15, 0.2) is 48.5 Å². The van der Waals surface area contributed by atoms with Crippen LogP contribution < -0.4 is 10.1 Å². The van der Waals surface area contributed by atoms with E-state index in [1.807, 2.05) is 30.3 Å². The molecule has 1 atom stereocenters. The van der Waals surface area contributed by atoms with Crippen molar-refractivity contribution >= 4 is 23.5 Å². The largest absolute Gasteiger partial charge is 0.489 e. The zero-order valence-electron chi connectivity index (χ0n) is 14.6. The van der Waals surface area contributed by atoms with Crippen molar-refractivity contribution in [2.45, 2.75) is 31.6 Å². The smallest absolute Gasteiger partial charge is 0.408 e. The number of ether oxygens (including phenoxy) is 2. The van der Waals surface area contributed by atoms with Gasteiger partial charge in [-0.2, -0.15) is 0 Å². The van der Waals surface area contributed by atoms with E-state index in [9.17, 15) is 14.7 Å². The molecule has 27 heavy (non-hydrogen) atoms. The summed E-state index contributed by atoms with van der Waals surface area (Å²) in [6.45, 7) is -0.491. The summed E-state index contributed by atoms with van der Waals surface area (Å²) in [5, 5.41) is 12.2. The van der Waals surface area contributed by atoms with Crippen molar-refractivity contribution in [2.24, 2.45) is 0 Å². The summed E-state index contributed by atoms with van der Waals surface area (Å²) >= 11 is 6.16. The lowest BCUT2D eigenvalue weighted by Crippen LogP contribution is -2.43. The molecule has 0 radical (unpaired) electrons. The molecule has 2 N–H and O–H groups in total. The van der Waals surface area contributed by atoms with Crippen molar-refractivity contribution in [1.82, 2.24) is 5.32 Å². The summed E-state index contributed by atoms with van der Waals surface area (Å²) in [5.41, 5.74) is 1.09. The minimum Gasteiger partial charge on any atom is -0.489 e. The molecular weight excluding hydrogens is 370 g/mol. The minimum atomic E-state index is -1.13. The van der Waals surface area contributed by atoms with E-state index >= 15 is 0 Å². The van der Waals surface area contributed by atoms with E-state index in [0.717, 1.165) is 18.4 Å². The van der Waals surface area contributed by atoms with E-state index in [0.29, 0.717) is 10.8 Å². The van der Waals surface area contributed by atoms with E-state index in [1.54, 1.807) is 12.1 Å². The molecule has 0 spiro atoms. The van der Waals surface area contributed by atoms with Crippen LogP contribution in [0, 0.1) is 0 Å². The monoisotopic (exact) mass is 389 g/mol. The second kappa shape index (κ2) is 8.88. The van der Waals surface area contributed by atoms with Gasteiger partial charge in [-0.1, -0.05) is 41.9 Å². The van der Waals surface area contributed by atoms with Crippen LogP contribution in [0.3, 0.4) is 0 Å². The number of ketones is 1. The molecule has 2 aromatic rings. The quantitative estimate of drug-likeness (QED) is 0.676. The van der Waals surface area contributed by atoms with E-state index in [2.05, 4.69) is 5.32 Å². The van der Waals surface area contributed by atoms with Crippen LogP contribution in [0.1, 0.15) is 28.8 Å². The summed E-state index contributed by atoms with van der Waals surface area (Å²) in [7, 11) is 0. The highest BCUT2D eigenvalue weighted by atomic mass is 35.5. The predicted molar refractivity (Wildman–Crippen MR) is 100 cm³/mol. The Hall–Kier alpha value is -2.57. The van der Waals surface area contributed by atoms with Crippen molar-refractivity contribution in [2.75, 3.05) is 6.61 Å². The van der Waals surface area contributed by atoms with Gasteiger partial charge in [0.05, 0.1) is 17.7 Å². The number of Topliss-reactive ketones (excluding diaryl/α,β-unsaturated/α-hetero) is 1. The lowest BCUT2D eigenvalue weighted by atomic mass is 10.0. The molecule has 0 heterocycles. The van der Waals surface area contributed by atoms with E-state index in [1.165, 1.54) is 6.07 Å². The molecule has 0 aromatic heterocycles. The van der Waals surface area contributed by atoms with Gasteiger partial charge in [0.1, 0.15) is 18.4 Å². The molecule has 142 valence electrons. The Labute approximate surface area is 162 Å². The normalized spacial score (nSPS) is 14.3. The van der Waals surface area contributed by atoms with Crippen LogP contribution in [0.25, 0.3) is 0 Å². The minimum absolute atomic E-state index is 0.0675. The van der Waals surface area contributed by atoms with Gasteiger partial charge in [0.15, 0.2) is 5.78 Å². The van der Waals surface area contributed by atoms with Crippen molar-refractivity contribution in [1.29, 1.82) is 0 Å². The number of alkyl carbamates (subject to hydrolysis) is 1. The Morgan fingerprint density at radius 2 is 1.93 bits per heavy atom. The summed E-state index contributed by atoms with van der Waals surface area (Å²) in [6, 6.07) is 12.7. The topological polar surface area (TPSA) is 84.9 Å². The third-order valence-corrected chi connectivity index (χ3v) is 4.33. The number of amides is 1. The number of aliphatic hydroxyl groups is 1. The first-order valence-electron chi connectivity index (χ1n) is 8.65. The highest BCUT2D eigenvalue weighted by Gasteiger charge is 2.26. The fraction of sp³-hybridized carbons (Fsp3) is 0.300. The van der Waals surface area contributed by atoms with Crippen molar-refractivity contribution in [3.63, 3.8) is 0 Å². The highest BCUT2D eigenvalue weighted by Crippen LogP contribution is 2.32. The Bertz CT molecular complexity index is 807. The Morgan fingerprint density at radius 1 is 1.19 bits per heavy atom. The molecule has 0 saturated heterocycles. The Balaban J connectivity index is 1.58. The van der Waals surface area contributed by atoms with Gasteiger partial charge in [0.2, 0.25) is 0 Å². The number of hydrogen-bond acceptors (Lipinski definition) is 5. The lowest BCUT2D eigenvalue weighted by Gasteiger charge is -2.16. The standard InChI is InChI=1S/C20H20ClNO5/c21-16-10-14(6-9-18(16)27-15-7-8-15)19(24)17(11-23)22-20(25)26-12-13-4-2-1-3-5-13/h1-6,9-10,15,17,23H,7-8,11-12H2,(H,22,25)/t17-/m1/s1. The average molecular weight is 390 g/mol. The second-order valence-electron chi connectivity index (χ2n) is 6.27. The number of nitrogens with one attached hydrogen (secondary N) is 1. The Morgan fingerprint density at radius 3 is 2.56 bits per heavy atom. The first-order chi connectivity index (χ1) is 13.1. The molecule has 6 nitrogen and oxygen atoms in total. The highest BCUT2D eigenvalue weighted by molar-refractivity contribution is 6.32. The van der Waals surface area contributed by atoms with Crippen LogP contribution in [0.2, 0.25) is 5.02 Å². The second-order valence-corrected chi connectivity index (χ2v) is 6.68. The maximum atomic E-state index is 12.6.